The molecule has 0 aliphatic rings. The fourth-order valence-corrected chi connectivity index (χ4v) is 2.74. The van der Waals surface area contributed by atoms with E-state index in [9.17, 15) is 8.42 Å². The molecule has 0 aliphatic heterocycles. The third-order valence-electron chi connectivity index (χ3n) is 2.40. The van der Waals surface area contributed by atoms with Gasteiger partial charge in [-0.1, -0.05) is 24.6 Å². The van der Waals surface area contributed by atoms with E-state index >= 15 is 0 Å². The highest BCUT2D eigenvalue weighted by Crippen LogP contribution is 2.12. The number of hydrogen-bond acceptors (Lipinski definition) is 3. The first-order valence-electron chi connectivity index (χ1n) is 5.56. The Labute approximate surface area is 97.8 Å². The Morgan fingerprint density at radius 2 is 1.81 bits per heavy atom. The lowest BCUT2D eigenvalue weighted by Crippen LogP contribution is -2.18. The normalized spacial score (nSPS) is 11.6. The van der Waals surface area contributed by atoms with E-state index < -0.39 is 9.84 Å². The van der Waals surface area contributed by atoms with Crippen LogP contribution in [0.3, 0.4) is 0 Å². The topological polar surface area (TPSA) is 46.2 Å². The second-order valence-electron chi connectivity index (χ2n) is 3.84. The van der Waals surface area contributed by atoms with Crippen molar-refractivity contribution >= 4 is 9.84 Å². The maximum absolute atomic E-state index is 11.9. The van der Waals surface area contributed by atoms with Gasteiger partial charge in [0.15, 0.2) is 9.84 Å². The molecule has 4 heteroatoms. The minimum Gasteiger partial charge on any atom is -0.317 e. The first-order chi connectivity index (χ1) is 7.56. The summed E-state index contributed by atoms with van der Waals surface area (Å²) < 4.78 is 23.8. The van der Waals surface area contributed by atoms with Crippen molar-refractivity contribution < 1.29 is 8.42 Å². The van der Waals surface area contributed by atoms with Gasteiger partial charge in [0.2, 0.25) is 0 Å². The molecule has 0 bridgehead atoms. The maximum Gasteiger partial charge on any atom is 0.178 e. The van der Waals surface area contributed by atoms with Gasteiger partial charge in [-0.3, -0.25) is 0 Å². The number of hydrogen-bond donors (Lipinski definition) is 1. The van der Waals surface area contributed by atoms with Gasteiger partial charge in [-0.25, -0.2) is 8.42 Å². The molecule has 0 atom stereocenters. The van der Waals surface area contributed by atoms with Gasteiger partial charge < -0.3 is 5.32 Å². The molecule has 90 valence electrons. The van der Waals surface area contributed by atoms with Gasteiger partial charge in [0.25, 0.3) is 0 Å². The second kappa shape index (κ2) is 6.01. The Kier molecular flexibility index (Phi) is 4.96. The highest BCUT2D eigenvalue weighted by molar-refractivity contribution is 7.91. The Bertz CT molecular complexity index is 409. The summed E-state index contributed by atoms with van der Waals surface area (Å²) in [6, 6.07) is 7.02. The van der Waals surface area contributed by atoms with Crippen molar-refractivity contribution in [1.29, 1.82) is 0 Å². The second-order valence-corrected chi connectivity index (χ2v) is 5.95. The molecule has 0 unspecified atom stereocenters. The largest absolute Gasteiger partial charge is 0.317 e. The first-order valence-corrected chi connectivity index (χ1v) is 7.21. The van der Waals surface area contributed by atoms with Crippen molar-refractivity contribution in [2.45, 2.75) is 25.2 Å². The molecule has 1 N–H and O–H groups in total. The minimum atomic E-state index is -3.10. The van der Waals surface area contributed by atoms with Crippen molar-refractivity contribution in [1.82, 2.24) is 5.32 Å². The molecule has 0 aliphatic carbocycles. The van der Waals surface area contributed by atoms with Crippen molar-refractivity contribution in [3.05, 3.63) is 29.8 Å². The van der Waals surface area contributed by atoms with Crippen molar-refractivity contribution in [3.8, 4) is 0 Å². The molecular formula is C12H19NO2S. The van der Waals surface area contributed by atoms with E-state index in [1.807, 2.05) is 26.0 Å². The summed E-state index contributed by atoms with van der Waals surface area (Å²) >= 11 is 0. The Balaban J connectivity index is 2.60. The summed E-state index contributed by atoms with van der Waals surface area (Å²) in [5, 5.41) is 3.12. The fourth-order valence-electron chi connectivity index (χ4n) is 1.43. The number of aryl methyl sites for hydroxylation is 1. The van der Waals surface area contributed by atoms with Crippen LogP contribution in [0.1, 0.15) is 18.9 Å². The van der Waals surface area contributed by atoms with Gasteiger partial charge in [0, 0.05) is 0 Å². The number of sulfone groups is 1. The zero-order valence-corrected chi connectivity index (χ0v) is 10.7. The van der Waals surface area contributed by atoms with E-state index in [4.69, 9.17) is 0 Å². The van der Waals surface area contributed by atoms with E-state index in [0.29, 0.717) is 11.3 Å². The van der Waals surface area contributed by atoms with E-state index in [2.05, 4.69) is 5.32 Å². The lowest BCUT2D eigenvalue weighted by molar-refractivity contribution is 0.590. The summed E-state index contributed by atoms with van der Waals surface area (Å²) in [5.41, 5.74) is 1.08. The van der Waals surface area contributed by atoms with Crippen LogP contribution in [0.5, 0.6) is 0 Å². The smallest absolute Gasteiger partial charge is 0.178 e. The molecule has 0 amide bonds. The maximum atomic E-state index is 11.9. The Morgan fingerprint density at radius 1 is 1.19 bits per heavy atom. The highest BCUT2D eigenvalue weighted by Gasteiger charge is 2.12. The SMILES string of the molecule is CCNCCCS(=O)(=O)c1ccc(C)cc1. The van der Waals surface area contributed by atoms with E-state index in [1.165, 1.54) is 0 Å². The highest BCUT2D eigenvalue weighted by atomic mass is 32.2. The molecule has 16 heavy (non-hydrogen) atoms. The molecule has 1 aromatic carbocycles. The van der Waals surface area contributed by atoms with Crippen LogP contribution in [0.2, 0.25) is 0 Å². The van der Waals surface area contributed by atoms with Crippen LogP contribution in [-0.2, 0) is 9.84 Å². The van der Waals surface area contributed by atoms with Crippen LogP contribution in [0.25, 0.3) is 0 Å². The third-order valence-corrected chi connectivity index (χ3v) is 4.21. The Hall–Kier alpha value is -0.870. The molecule has 3 nitrogen and oxygen atoms in total. The monoisotopic (exact) mass is 241 g/mol. The summed E-state index contributed by atoms with van der Waals surface area (Å²) in [6.45, 7) is 5.59. The summed E-state index contributed by atoms with van der Waals surface area (Å²) in [5.74, 6) is 0.211. The number of rotatable bonds is 6. The minimum absolute atomic E-state index is 0.211. The van der Waals surface area contributed by atoms with E-state index in [0.717, 1.165) is 18.7 Å². The molecule has 1 rings (SSSR count). The number of benzene rings is 1. The lowest BCUT2D eigenvalue weighted by atomic mass is 10.2. The van der Waals surface area contributed by atoms with Crippen LogP contribution in [0.15, 0.2) is 29.2 Å². The van der Waals surface area contributed by atoms with E-state index in [-0.39, 0.29) is 5.75 Å². The third kappa shape index (κ3) is 3.94. The molecule has 0 saturated carbocycles. The van der Waals surface area contributed by atoms with Gasteiger partial charge in [-0.15, -0.1) is 0 Å². The molecule has 0 saturated heterocycles. The molecule has 0 aromatic heterocycles. The van der Waals surface area contributed by atoms with Gasteiger partial charge in [0.05, 0.1) is 10.6 Å². The van der Waals surface area contributed by atoms with E-state index in [1.54, 1.807) is 12.1 Å². The predicted molar refractivity (Wildman–Crippen MR) is 66.4 cm³/mol. The van der Waals surface area contributed by atoms with Gasteiger partial charge >= 0.3 is 0 Å². The molecule has 0 fully saturated rings. The standard InChI is InChI=1S/C12H19NO2S/c1-3-13-9-4-10-16(14,15)12-7-5-11(2)6-8-12/h5-8,13H,3-4,9-10H2,1-2H3. The molecular weight excluding hydrogens is 222 g/mol. The zero-order valence-electron chi connectivity index (χ0n) is 9.86. The number of nitrogens with one attached hydrogen (secondary N) is 1. The average Bonchev–Trinajstić information content (AvgIpc) is 2.25. The van der Waals surface area contributed by atoms with Crippen LogP contribution >= 0.6 is 0 Å². The first kappa shape index (κ1) is 13.2. The molecule has 0 spiro atoms. The van der Waals surface area contributed by atoms with Crippen LogP contribution < -0.4 is 5.32 Å². The zero-order chi connectivity index (χ0) is 12.0. The van der Waals surface area contributed by atoms with Crippen LogP contribution in [-0.4, -0.2) is 27.3 Å². The van der Waals surface area contributed by atoms with Crippen molar-refractivity contribution in [2.75, 3.05) is 18.8 Å². The van der Waals surface area contributed by atoms with Crippen LogP contribution in [0, 0.1) is 6.92 Å². The summed E-state index contributed by atoms with van der Waals surface area (Å²) in [7, 11) is -3.10. The van der Waals surface area contributed by atoms with Gasteiger partial charge in [-0.2, -0.15) is 0 Å². The summed E-state index contributed by atoms with van der Waals surface area (Å²) in [4.78, 5) is 0.426. The van der Waals surface area contributed by atoms with Gasteiger partial charge in [-0.05, 0) is 38.6 Å². The van der Waals surface area contributed by atoms with Crippen molar-refractivity contribution in [3.63, 3.8) is 0 Å². The Morgan fingerprint density at radius 3 is 2.38 bits per heavy atom. The fraction of sp³-hybridized carbons (Fsp3) is 0.500. The summed E-state index contributed by atoms with van der Waals surface area (Å²) in [6.07, 6.45) is 0.657. The molecule has 0 radical (unpaired) electrons. The predicted octanol–water partition coefficient (Wildman–Crippen LogP) is 1.77. The molecule has 1 aromatic rings. The quantitative estimate of drug-likeness (QED) is 0.772. The average molecular weight is 241 g/mol. The van der Waals surface area contributed by atoms with Gasteiger partial charge in [0.1, 0.15) is 0 Å². The molecule has 0 heterocycles. The van der Waals surface area contributed by atoms with Crippen LogP contribution in [0.4, 0.5) is 0 Å². The van der Waals surface area contributed by atoms with Crippen molar-refractivity contribution in [2.24, 2.45) is 0 Å². The lowest BCUT2D eigenvalue weighted by Gasteiger charge is -2.05.